The van der Waals surface area contributed by atoms with Gasteiger partial charge in [0.1, 0.15) is 0 Å². The third-order valence-corrected chi connectivity index (χ3v) is 6.78. The zero-order valence-corrected chi connectivity index (χ0v) is 17.1. The molecule has 2 aromatic carbocycles. The summed E-state index contributed by atoms with van der Waals surface area (Å²) in [6.45, 7) is 2.21. The summed E-state index contributed by atoms with van der Waals surface area (Å²) in [6.07, 6.45) is 2.26. The first-order valence-corrected chi connectivity index (χ1v) is 10.4. The molecule has 1 aromatic heterocycles. The topological polar surface area (TPSA) is 11.4 Å². The second-order valence-corrected chi connectivity index (χ2v) is 8.37. The van der Waals surface area contributed by atoms with E-state index >= 15 is 0 Å². The molecule has 0 saturated carbocycles. The molecule has 0 radical (unpaired) electrons. The van der Waals surface area contributed by atoms with Crippen LogP contribution in [0.1, 0.15) is 45.7 Å². The lowest BCUT2D eigenvalue weighted by Crippen LogP contribution is -2.36. The van der Waals surface area contributed by atoms with Crippen LogP contribution in [0.4, 0.5) is 0 Å². The lowest BCUT2D eigenvalue weighted by molar-refractivity contribution is 0.245. The predicted molar refractivity (Wildman–Crippen MR) is 115 cm³/mol. The Morgan fingerprint density at radius 1 is 0.607 bits per heavy atom. The van der Waals surface area contributed by atoms with E-state index in [1.165, 1.54) is 22.5 Å². The third-order valence-electron chi connectivity index (χ3n) is 6.78. The van der Waals surface area contributed by atoms with E-state index in [4.69, 9.17) is 0 Å². The Balaban J connectivity index is 1.76. The van der Waals surface area contributed by atoms with E-state index in [0.29, 0.717) is 12.1 Å². The highest BCUT2D eigenvalue weighted by atomic mass is 15.2. The highest BCUT2D eigenvalue weighted by Gasteiger charge is 2.39. The number of hydrogen-bond acceptors (Lipinski definition) is 2. The van der Waals surface area contributed by atoms with Crippen molar-refractivity contribution >= 4 is 0 Å². The fourth-order valence-electron chi connectivity index (χ4n) is 5.43. The first kappa shape index (κ1) is 17.7. The minimum atomic E-state index is 0.331. The van der Waals surface area contributed by atoms with Gasteiger partial charge in [0.15, 0.2) is 0 Å². The molecule has 2 unspecified atom stereocenters. The second kappa shape index (κ2) is 6.91. The maximum Gasteiger partial charge on any atom is 0.0620 e. The molecule has 2 aliphatic rings. The van der Waals surface area contributed by atoms with Crippen LogP contribution in [0.25, 0.3) is 0 Å². The molecule has 3 nitrogen and oxygen atoms in total. The van der Waals surface area contributed by atoms with Crippen LogP contribution in [0, 0.1) is 0 Å². The summed E-state index contributed by atoms with van der Waals surface area (Å²) in [5, 5.41) is 0. The molecule has 0 fully saturated rings. The average molecular weight is 372 g/mol. The van der Waals surface area contributed by atoms with Gasteiger partial charge in [-0.3, -0.25) is 9.80 Å². The van der Waals surface area contributed by atoms with Gasteiger partial charge < -0.3 is 4.57 Å². The van der Waals surface area contributed by atoms with Crippen molar-refractivity contribution in [2.45, 2.75) is 24.9 Å². The second-order valence-electron chi connectivity index (χ2n) is 8.37. The summed E-state index contributed by atoms with van der Waals surface area (Å²) in [5.74, 6) is 0. The van der Waals surface area contributed by atoms with Gasteiger partial charge in [-0.25, -0.2) is 0 Å². The van der Waals surface area contributed by atoms with E-state index < -0.39 is 0 Å². The normalized spacial score (nSPS) is 22.7. The Labute approximate surface area is 168 Å². The summed E-state index contributed by atoms with van der Waals surface area (Å²) >= 11 is 0. The molecule has 0 amide bonds. The van der Waals surface area contributed by atoms with Gasteiger partial charge in [0, 0.05) is 55.5 Å². The molecule has 0 saturated heterocycles. The molecule has 28 heavy (non-hydrogen) atoms. The highest BCUT2D eigenvalue weighted by molar-refractivity contribution is 5.52. The van der Waals surface area contributed by atoms with E-state index in [1.807, 2.05) is 0 Å². The first-order chi connectivity index (χ1) is 13.7. The van der Waals surface area contributed by atoms with E-state index in [1.54, 1.807) is 11.1 Å². The lowest BCUT2D eigenvalue weighted by Gasteiger charge is -2.38. The molecule has 0 N–H and O–H groups in total. The Kier molecular flexibility index (Phi) is 4.37. The molecule has 3 heteroatoms. The van der Waals surface area contributed by atoms with Gasteiger partial charge in [-0.1, -0.05) is 60.7 Å². The van der Waals surface area contributed by atoms with Gasteiger partial charge in [0.2, 0.25) is 0 Å². The number of benzene rings is 2. The molecule has 2 atom stereocenters. The van der Waals surface area contributed by atoms with Crippen LogP contribution in [0.2, 0.25) is 0 Å². The molecular formula is C25H29N3. The van der Waals surface area contributed by atoms with Gasteiger partial charge in [-0.15, -0.1) is 0 Å². The van der Waals surface area contributed by atoms with Crippen LogP contribution in [0.3, 0.4) is 0 Å². The molecule has 3 aromatic rings. The van der Waals surface area contributed by atoms with Crippen LogP contribution in [-0.4, -0.2) is 41.6 Å². The average Bonchev–Trinajstić information content (AvgIpc) is 3.01. The van der Waals surface area contributed by atoms with Gasteiger partial charge in [0.05, 0.1) is 12.1 Å². The summed E-state index contributed by atoms with van der Waals surface area (Å²) < 4.78 is 2.52. The summed E-state index contributed by atoms with van der Waals surface area (Å²) in [5.41, 5.74) is 8.98. The summed E-state index contributed by atoms with van der Waals surface area (Å²) in [6, 6.07) is 22.8. The largest absolute Gasteiger partial charge is 0.351 e. The Morgan fingerprint density at radius 3 is 1.39 bits per heavy atom. The maximum absolute atomic E-state index is 2.54. The number of rotatable bonds is 2. The van der Waals surface area contributed by atoms with Crippen molar-refractivity contribution in [2.24, 2.45) is 7.05 Å². The predicted octanol–water partition coefficient (Wildman–Crippen LogP) is 4.18. The quantitative estimate of drug-likeness (QED) is 0.669. The van der Waals surface area contributed by atoms with Crippen molar-refractivity contribution in [2.75, 3.05) is 27.2 Å². The summed E-state index contributed by atoms with van der Waals surface area (Å²) in [7, 11) is 6.85. The number of aromatic nitrogens is 1. The van der Waals surface area contributed by atoms with Gasteiger partial charge >= 0.3 is 0 Å². The molecule has 0 spiro atoms. The molecule has 3 heterocycles. The van der Waals surface area contributed by atoms with Crippen LogP contribution in [0.15, 0.2) is 60.7 Å². The zero-order valence-electron chi connectivity index (χ0n) is 17.1. The number of hydrogen-bond donors (Lipinski definition) is 0. The van der Waals surface area contributed by atoms with E-state index in [0.717, 1.165) is 25.9 Å². The van der Waals surface area contributed by atoms with Crippen molar-refractivity contribution < 1.29 is 0 Å². The molecular weight excluding hydrogens is 342 g/mol. The Morgan fingerprint density at radius 2 is 1.00 bits per heavy atom. The van der Waals surface area contributed by atoms with Crippen LogP contribution >= 0.6 is 0 Å². The fraction of sp³-hybridized carbons (Fsp3) is 0.360. The molecule has 5 rings (SSSR count). The Hall–Kier alpha value is -2.36. The minimum absolute atomic E-state index is 0.331. The van der Waals surface area contributed by atoms with E-state index in [2.05, 4.69) is 96.2 Å². The summed E-state index contributed by atoms with van der Waals surface area (Å²) in [4.78, 5) is 5.07. The monoisotopic (exact) mass is 371 g/mol. The smallest absolute Gasteiger partial charge is 0.0620 e. The fourth-order valence-corrected chi connectivity index (χ4v) is 5.43. The number of nitrogens with zero attached hydrogens (tertiary/aromatic N) is 3. The number of likely N-dealkylation sites (N-methyl/N-ethyl adjacent to an activating group) is 2. The number of fused-ring (bicyclic) bond motifs is 3. The van der Waals surface area contributed by atoms with Gasteiger partial charge in [-0.2, -0.15) is 0 Å². The van der Waals surface area contributed by atoms with Crippen molar-refractivity contribution in [1.82, 2.24) is 14.4 Å². The molecule has 144 valence electrons. The van der Waals surface area contributed by atoms with E-state index in [-0.39, 0.29) is 0 Å². The SMILES string of the molecule is CN1CCc2c(c3c(n2C)CCN(C)C3c2ccccc2)C1c1ccccc1. The molecule has 0 bridgehead atoms. The third kappa shape index (κ3) is 2.65. The molecule has 2 aliphatic heterocycles. The van der Waals surface area contributed by atoms with Crippen molar-refractivity contribution in [3.05, 3.63) is 94.3 Å². The molecule has 0 aliphatic carbocycles. The lowest BCUT2D eigenvalue weighted by atomic mass is 9.83. The highest BCUT2D eigenvalue weighted by Crippen LogP contribution is 2.46. The van der Waals surface area contributed by atoms with Crippen molar-refractivity contribution in [3.63, 3.8) is 0 Å². The van der Waals surface area contributed by atoms with Crippen molar-refractivity contribution in [3.8, 4) is 0 Å². The Bertz CT molecular complexity index is 895. The van der Waals surface area contributed by atoms with Crippen LogP contribution in [0.5, 0.6) is 0 Å². The first-order valence-electron chi connectivity index (χ1n) is 10.4. The van der Waals surface area contributed by atoms with E-state index in [9.17, 15) is 0 Å². The van der Waals surface area contributed by atoms with Crippen LogP contribution < -0.4 is 0 Å². The van der Waals surface area contributed by atoms with Crippen LogP contribution in [-0.2, 0) is 19.9 Å². The van der Waals surface area contributed by atoms with Gasteiger partial charge in [-0.05, 0) is 25.2 Å². The van der Waals surface area contributed by atoms with Crippen molar-refractivity contribution in [1.29, 1.82) is 0 Å². The van der Waals surface area contributed by atoms with Gasteiger partial charge in [0.25, 0.3) is 0 Å². The standard InChI is InChI=1S/C25H29N3/c1-26-16-14-20-22(24(26)18-10-6-4-7-11-18)23-21(28(20)3)15-17-27(2)25(23)19-12-8-5-9-13-19/h4-13,24-25H,14-17H2,1-3H3. The zero-order chi connectivity index (χ0) is 19.3. The minimum Gasteiger partial charge on any atom is -0.351 e. The maximum atomic E-state index is 2.54.